The first-order valence-electron chi connectivity index (χ1n) is 5.42. The average molecular weight is 235 g/mol. The maximum atomic E-state index is 12.0. The Morgan fingerprint density at radius 1 is 1.53 bits per heavy atom. The van der Waals surface area contributed by atoms with Crippen molar-refractivity contribution in [1.29, 1.82) is 0 Å². The maximum Gasteiger partial charge on any atom is 0.253 e. The zero-order chi connectivity index (χ0) is 9.97. The third-order valence-corrected chi connectivity index (χ3v) is 3.04. The fourth-order valence-electron chi connectivity index (χ4n) is 2.17. The highest BCUT2D eigenvalue weighted by Gasteiger charge is 2.31. The number of halogens is 1. The van der Waals surface area contributed by atoms with E-state index in [1.54, 1.807) is 0 Å². The predicted molar refractivity (Wildman–Crippen MR) is 60.3 cm³/mol. The van der Waals surface area contributed by atoms with Crippen LogP contribution in [0.15, 0.2) is 0 Å². The van der Waals surface area contributed by atoms with E-state index in [4.69, 9.17) is 4.74 Å². The van der Waals surface area contributed by atoms with Gasteiger partial charge in [0.2, 0.25) is 0 Å². The van der Waals surface area contributed by atoms with Crippen molar-refractivity contribution in [3.05, 3.63) is 0 Å². The van der Waals surface area contributed by atoms with E-state index in [2.05, 4.69) is 12.2 Å². The first kappa shape index (κ1) is 12.7. The molecule has 88 valence electrons. The second-order valence-electron chi connectivity index (χ2n) is 4.09. The number of nitrogens with zero attached hydrogens (tertiary/aromatic N) is 1. The second-order valence-corrected chi connectivity index (χ2v) is 4.09. The molecule has 2 fully saturated rings. The van der Waals surface area contributed by atoms with E-state index in [1.165, 1.54) is 0 Å². The van der Waals surface area contributed by atoms with Gasteiger partial charge in [0, 0.05) is 25.7 Å². The molecule has 2 heterocycles. The molecule has 2 saturated heterocycles. The van der Waals surface area contributed by atoms with Crippen molar-refractivity contribution >= 4 is 18.3 Å². The summed E-state index contributed by atoms with van der Waals surface area (Å²) in [5.74, 6) is 0.169. The second kappa shape index (κ2) is 5.68. The first-order valence-corrected chi connectivity index (χ1v) is 5.42. The van der Waals surface area contributed by atoms with E-state index in [1.807, 2.05) is 4.90 Å². The van der Waals surface area contributed by atoms with Gasteiger partial charge in [-0.05, 0) is 19.8 Å². The zero-order valence-electron chi connectivity index (χ0n) is 9.07. The van der Waals surface area contributed by atoms with Crippen LogP contribution in [0, 0.1) is 0 Å². The van der Waals surface area contributed by atoms with Crippen molar-refractivity contribution in [2.45, 2.75) is 31.9 Å². The zero-order valence-corrected chi connectivity index (χ0v) is 9.89. The van der Waals surface area contributed by atoms with E-state index in [-0.39, 0.29) is 24.4 Å². The molecule has 0 aromatic carbocycles. The summed E-state index contributed by atoms with van der Waals surface area (Å²) in [5.41, 5.74) is 0. The topological polar surface area (TPSA) is 41.6 Å². The molecule has 0 bridgehead atoms. The van der Waals surface area contributed by atoms with E-state index < -0.39 is 0 Å². The van der Waals surface area contributed by atoms with E-state index in [9.17, 15) is 4.79 Å². The standard InChI is InChI=1S/C10H18N2O2.ClH/c1-8-3-2-5-12(8)10(13)9-7-11-4-6-14-9;/h8-9,11H,2-7H2,1H3;1H/t8?,9-;/m0./s1. The summed E-state index contributed by atoms with van der Waals surface area (Å²) in [6.45, 7) is 5.20. The minimum atomic E-state index is -0.246. The highest BCUT2D eigenvalue weighted by molar-refractivity contribution is 5.85. The van der Waals surface area contributed by atoms with Gasteiger partial charge in [0.05, 0.1) is 6.61 Å². The van der Waals surface area contributed by atoms with Crippen molar-refractivity contribution in [1.82, 2.24) is 10.2 Å². The number of carbonyl (C=O) groups is 1. The molecule has 2 aliphatic heterocycles. The Morgan fingerprint density at radius 2 is 2.33 bits per heavy atom. The van der Waals surface area contributed by atoms with Crippen LogP contribution in [-0.4, -0.2) is 49.2 Å². The molecule has 1 unspecified atom stereocenters. The molecule has 1 amide bonds. The molecule has 0 saturated carbocycles. The van der Waals surface area contributed by atoms with Gasteiger partial charge in [-0.2, -0.15) is 0 Å². The van der Waals surface area contributed by atoms with E-state index in [0.717, 1.165) is 25.9 Å². The maximum absolute atomic E-state index is 12.0. The van der Waals surface area contributed by atoms with Crippen molar-refractivity contribution in [2.24, 2.45) is 0 Å². The van der Waals surface area contributed by atoms with Crippen LogP contribution in [0.5, 0.6) is 0 Å². The summed E-state index contributed by atoms with van der Waals surface area (Å²) >= 11 is 0. The van der Waals surface area contributed by atoms with Gasteiger partial charge in [-0.25, -0.2) is 0 Å². The Morgan fingerprint density at radius 3 is 2.87 bits per heavy atom. The third-order valence-electron chi connectivity index (χ3n) is 3.04. The monoisotopic (exact) mass is 234 g/mol. The predicted octanol–water partition coefficient (Wildman–Crippen LogP) is 0.407. The number of rotatable bonds is 1. The number of hydrogen-bond donors (Lipinski definition) is 1. The fraction of sp³-hybridized carbons (Fsp3) is 0.900. The van der Waals surface area contributed by atoms with Crippen LogP contribution in [0.4, 0.5) is 0 Å². The molecule has 0 radical (unpaired) electrons. The van der Waals surface area contributed by atoms with Gasteiger partial charge in [0.1, 0.15) is 6.10 Å². The van der Waals surface area contributed by atoms with Gasteiger partial charge < -0.3 is 15.0 Å². The van der Waals surface area contributed by atoms with Gasteiger partial charge in [-0.15, -0.1) is 12.4 Å². The van der Waals surface area contributed by atoms with Gasteiger partial charge in [-0.1, -0.05) is 0 Å². The van der Waals surface area contributed by atoms with Crippen molar-refractivity contribution in [2.75, 3.05) is 26.2 Å². The molecular formula is C10H19ClN2O2. The highest BCUT2D eigenvalue weighted by atomic mass is 35.5. The number of morpholine rings is 1. The number of carbonyl (C=O) groups excluding carboxylic acids is 1. The highest BCUT2D eigenvalue weighted by Crippen LogP contribution is 2.18. The fourth-order valence-corrected chi connectivity index (χ4v) is 2.17. The minimum Gasteiger partial charge on any atom is -0.366 e. The van der Waals surface area contributed by atoms with Crippen LogP contribution < -0.4 is 5.32 Å². The molecule has 5 heteroatoms. The van der Waals surface area contributed by atoms with Crippen LogP contribution >= 0.6 is 12.4 Å². The van der Waals surface area contributed by atoms with Crippen molar-refractivity contribution in [3.63, 3.8) is 0 Å². The Hall–Kier alpha value is -0.320. The average Bonchev–Trinajstić information content (AvgIpc) is 2.65. The Bertz CT molecular complexity index is 219. The summed E-state index contributed by atoms with van der Waals surface area (Å²) < 4.78 is 5.45. The van der Waals surface area contributed by atoms with E-state index in [0.29, 0.717) is 19.2 Å². The summed E-state index contributed by atoms with van der Waals surface area (Å²) in [5, 5.41) is 3.18. The first-order chi connectivity index (χ1) is 6.79. The molecule has 2 rings (SSSR count). The number of nitrogens with one attached hydrogen (secondary N) is 1. The number of hydrogen-bond acceptors (Lipinski definition) is 3. The number of likely N-dealkylation sites (tertiary alicyclic amines) is 1. The molecule has 2 aliphatic rings. The third kappa shape index (κ3) is 2.83. The molecule has 15 heavy (non-hydrogen) atoms. The van der Waals surface area contributed by atoms with Gasteiger partial charge in [0.15, 0.2) is 0 Å². The van der Waals surface area contributed by atoms with Crippen LogP contribution in [0.1, 0.15) is 19.8 Å². The van der Waals surface area contributed by atoms with Crippen LogP contribution in [0.3, 0.4) is 0 Å². The summed E-state index contributed by atoms with van der Waals surface area (Å²) in [6, 6.07) is 0.396. The molecule has 0 spiro atoms. The summed E-state index contributed by atoms with van der Waals surface area (Å²) in [7, 11) is 0. The van der Waals surface area contributed by atoms with Crippen LogP contribution in [-0.2, 0) is 9.53 Å². The van der Waals surface area contributed by atoms with Gasteiger partial charge in [-0.3, -0.25) is 4.79 Å². The van der Waals surface area contributed by atoms with Crippen molar-refractivity contribution < 1.29 is 9.53 Å². The normalized spacial score (nSPS) is 31.1. The molecule has 0 aromatic rings. The van der Waals surface area contributed by atoms with E-state index >= 15 is 0 Å². The van der Waals surface area contributed by atoms with Gasteiger partial charge >= 0.3 is 0 Å². The van der Waals surface area contributed by atoms with Crippen LogP contribution in [0.25, 0.3) is 0 Å². The number of ether oxygens (including phenoxy) is 1. The molecule has 0 aliphatic carbocycles. The Kier molecular flexibility index (Phi) is 4.83. The summed E-state index contributed by atoms with van der Waals surface area (Å²) in [4.78, 5) is 13.9. The Labute approximate surface area is 96.7 Å². The molecule has 4 nitrogen and oxygen atoms in total. The summed E-state index contributed by atoms with van der Waals surface area (Å²) in [6.07, 6.45) is 2.02. The molecule has 0 aromatic heterocycles. The molecular weight excluding hydrogens is 216 g/mol. The smallest absolute Gasteiger partial charge is 0.253 e. The lowest BCUT2D eigenvalue weighted by atomic mass is 10.2. The van der Waals surface area contributed by atoms with Crippen molar-refractivity contribution in [3.8, 4) is 0 Å². The quantitative estimate of drug-likeness (QED) is 0.715. The number of amides is 1. The lowest BCUT2D eigenvalue weighted by Crippen LogP contribution is -2.50. The largest absolute Gasteiger partial charge is 0.366 e. The SMILES string of the molecule is CC1CCCN1C(=O)[C@@H]1CNCCO1.Cl. The molecule has 2 atom stereocenters. The van der Waals surface area contributed by atoms with Gasteiger partial charge in [0.25, 0.3) is 5.91 Å². The van der Waals surface area contributed by atoms with Crippen LogP contribution in [0.2, 0.25) is 0 Å². The lowest BCUT2D eigenvalue weighted by Gasteiger charge is -2.29. The minimum absolute atomic E-state index is 0. The lowest BCUT2D eigenvalue weighted by molar-refractivity contribution is -0.145. The Balaban J connectivity index is 0.00000112. The molecule has 1 N–H and O–H groups in total.